The van der Waals surface area contributed by atoms with Crippen molar-refractivity contribution < 1.29 is 5.11 Å². The molecule has 2 aliphatic heterocycles. The lowest BCUT2D eigenvalue weighted by molar-refractivity contribution is 0.171. The Morgan fingerprint density at radius 3 is 2.82 bits per heavy atom. The van der Waals surface area contributed by atoms with Gasteiger partial charge in [-0.2, -0.15) is 0 Å². The monoisotopic (exact) mass is 238 g/mol. The van der Waals surface area contributed by atoms with Crippen molar-refractivity contribution in [3.63, 3.8) is 0 Å². The van der Waals surface area contributed by atoms with E-state index >= 15 is 0 Å². The predicted octanol–water partition coefficient (Wildman–Crippen LogP) is 1.36. The van der Waals surface area contributed by atoms with Crippen molar-refractivity contribution in [3.8, 4) is 0 Å². The van der Waals surface area contributed by atoms with Crippen LogP contribution in [-0.2, 0) is 0 Å². The Kier molecular flexibility index (Phi) is 3.69. The van der Waals surface area contributed by atoms with E-state index < -0.39 is 0 Å². The molecule has 0 aromatic heterocycles. The van der Waals surface area contributed by atoms with E-state index in [0.717, 1.165) is 37.4 Å². The molecule has 2 heterocycles. The predicted molar refractivity (Wildman–Crippen MR) is 69.0 cm³/mol. The minimum Gasteiger partial charge on any atom is -0.393 e. The zero-order chi connectivity index (χ0) is 11.7. The zero-order valence-corrected chi connectivity index (χ0v) is 10.8. The summed E-state index contributed by atoms with van der Waals surface area (Å²) in [6, 6.07) is 1.54. The van der Waals surface area contributed by atoms with Gasteiger partial charge in [0.15, 0.2) is 0 Å². The fraction of sp³-hybridized carbons (Fsp3) is 1.00. The molecule has 0 bridgehead atoms. The molecular weight excluding hydrogens is 212 g/mol. The van der Waals surface area contributed by atoms with Crippen molar-refractivity contribution in [2.24, 2.45) is 5.92 Å². The second kappa shape index (κ2) is 5.25. The standard InChI is InChI=1S/C14H26N2O/c17-12-5-4-11(9-12)10-15-13-6-8-16-7-2-1-3-14(13)16/h11-15,17H,1-10H2. The number of aliphatic hydroxyl groups is 1. The van der Waals surface area contributed by atoms with Gasteiger partial charge >= 0.3 is 0 Å². The van der Waals surface area contributed by atoms with E-state index in [1.807, 2.05) is 0 Å². The van der Waals surface area contributed by atoms with Crippen LogP contribution in [0.15, 0.2) is 0 Å². The van der Waals surface area contributed by atoms with Crippen LogP contribution in [0.2, 0.25) is 0 Å². The lowest BCUT2D eigenvalue weighted by Crippen LogP contribution is -2.45. The van der Waals surface area contributed by atoms with E-state index in [4.69, 9.17) is 0 Å². The Morgan fingerprint density at radius 1 is 1.06 bits per heavy atom. The fourth-order valence-electron chi connectivity index (χ4n) is 4.04. The molecule has 0 spiro atoms. The van der Waals surface area contributed by atoms with Crippen molar-refractivity contribution in [1.29, 1.82) is 0 Å². The SMILES string of the molecule is OC1CCC(CNC2CCN3CCCCC23)C1. The Hall–Kier alpha value is -0.120. The van der Waals surface area contributed by atoms with Gasteiger partial charge in [0.05, 0.1) is 6.10 Å². The summed E-state index contributed by atoms with van der Waals surface area (Å²) in [6.07, 6.45) is 8.79. The Balaban J connectivity index is 1.45. The average Bonchev–Trinajstić information content (AvgIpc) is 2.93. The number of nitrogens with zero attached hydrogens (tertiary/aromatic N) is 1. The first-order valence-corrected chi connectivity index (χ1v) is 7.48. The molecule has 4 unspecified atom stereocenters. The number of hydrogen-bond donors (Lipinski definition) is 2. The molecule has 3 nitrogen and oxygen atoms in total. The molecule has 3 aliphatic rings. The van der Waals surface area contributed by atoms with E-state index in [1.54, 1.807) is 0 Å². The summed E-state index contributed by atoms with van der Waals surface area (Å²) in [5.41, 5.74) is 0. The quantitative estimate of drug-likeness (QED) is 0.779. The Morgan fingerprint density at radius 2 is 2.00 bits per heavy atom. The van der Waals surface area contributed by atoms with Crippen molar-refractivity contribution in [2.45, 2.75) is 63.1 Å². The lowest BCUT2D eigenvalue weighted by atomic mass is 9.98. The summed E-state index contributed by atoms with van der Waals surface area (Å²) in [6.45, 7) is 3.76. The molecule has 0 amide bonds. The molecule has 4 atom stereocenters. The molecule has 0 aromatic carbocycles. The van der Waals surface area contributed by atoms with Crippen LogP contribution in [0.3, 0.4) is 0 Å². The van der Waals surface area contributed by atoms with Gasteiger partial charge in [-0.25, -0.2) is 0 Å². The number of fused-ring (bicyclic) bond motifs is 1. The summed E-state index contributed by atoms with van der Waals surface area (Å²) < 4.78 is 0. The highest BCUT2D eigenvalue weighted by atomic mass is 16.3. The summed E-state index contributed by atoms with van der Waals surface area (Å²) in [4.78, 5) is 2.69. The molecule has 3 rings (SSSR count). The van der Waals surface area contributed by atoms with Crippen LogP contribution < -0.4 is 5.32 Å². The molecule has 1 aliphatic carbocycles. The van der Waals surface area contributed by atoms with E-state index in [1.165, 1.54) is 45.2 Å². The third-order valence-electron chi connectivity index (χ3n) is 5.04. The van der Waals surface area contributed by atoms with Crippen LogP contribution in [0, 0.1) is 5.92 Å². The van der Waals surface area contributed by atoms with Crippen LogP contribution in [0.5, 0.6) is 0 Å². The number of nitrogens with one attached hydrogen (secondary N) is 1. The number of rotatable bonds is 3. The van der Waals surface area contributed by atoms with Gasteiger partial charge in [-0.1, -0.05) is 6.42 Å². The first-order chi connectivity index (χ1) is 8.33. The van der Waals surface area contributed by atoms with Crippen LogP contribution in [0.4, 0.5) is 0 Å². The minimum absolute atomic E-state index is 0.0171. The molecule has 3 heteroatoms. The Bertz CT molecular complexity index is 259. The van der Waals surface area contributed by atoms with Gasteiger partial charge in [0.25, 0.3) is 0 Å². The van der Waals surface area contributed by atoms with E-state index in [2.05, 4.69) is 10.2 Å². The van der Waals surface area contributed by atoms with Crippen LogP contribution >= 0.6 is 0 Å². The van der Waals surface area contributed by atoms with Crippen molar-refractivity contribution in [1.82, 2.24) is 10.2 Å². The highest BCUT2D eigenvalue weighted by Crippen LogP contribution is 2.29. The smallest absolute Gasteiger partial charge is 0.0543 e. The number of hydrogen-bond acceptors (Lipinski definition) is 3. The molecule has 2 N–H and O–H groups in total. The van der Waals surface area contributed by atoms with Gasteiger partial charge in [0, 0.05) is 18.6 Å². The molecule has 0 aromatic rings. The topological polar surface area (TPSA) is 35.5 Å². The molecule has 1 saturated carbocycles. The minimum atomic E-state index is -0.0171. The normalized spacial score (nSPS) is 42.9. The van der Waals surface area contributed by atoms with Gasteiger partial charge in [-0.05, 0) is 57.5 Å². The van der Waals surface area contributed by atoms with Crippen LogP contribution in [-0.4, -0.2) is 47.8 Å². The molecular formula is C14H26N2O. The Labute approximate surface area is 105 Å². The molecule has 98 valence electrons. The maximum atomic E-state index is 9.54. The first-order valence-electron chi connectivity index (χ1n) is 7.48. The van der Waals surface area contributed by atoms with E-state index in [9.17, 15) is 5.11 Å². The molecule has 2 saturated heterocycles. The highest BCUT2D eigenvalue weighted by Gasteiger charge is 2.35. The maximum Gasteiger partial charge on any atom is 0.0543 e. The fourth-order valence-corrected chi connectivity index (χ4v) is 4.04. The van der Waals surface area contributed by atoms with Crippen molar-refractivity contribution in [2.75, 3.05) is 19.6 Å². The van der Waals surface area contributed by atoms with Gasteiger partial charge in [0.1, 0.15) is 0 Å². The maximum absolute atomic E-state index is 9.54. The van der Waals surface area contributed by atoms with Crippen molar-refractivity contribution in [3.05, 3.63) is 0 Å². The highest BCUT2D eigenvalue weighted by molar-refractivity contribution is 4.94. The summed E-state index contributed by atoms with van der Waals surface area (Å²) >= 11 is 0. The van der Waals surface area contributed by atoms with Crippen molar-refractivity contribution >= 4 is 0 Å². The van der Waals surface area contributed by atoms with Gasteiger partial charge in [-0.15, -0.1) is 0 Å². The molecule has 3 fully saturated rings. The third-order valence-corrected chi connectivity index (χ3v) is 5.04. The van der Waals surface area contributed by atoms with E-state index in [0.29, 0.717) is 0 Å². The summed E-state index contributed by atoms with van der Waals surface area (Å²) in [7, 11) is 0. The first kappa shape index (κ1) is 11.9. The molecule has 17 heavy (non-hydrogen) atoms. The van der Waals surface area contributed by atoms with E-state index in [-0.39, 0.29) is 6.10 Å². The van der Waals surface area contributed by atoms with Gasteiger partial charge in [-0.3, -0.25) is 4.90 Å². The lowest BCUT2D eigenvalue weighted by Gasteiger charge is -2.33. The van der Waals surface area contributed by atoms with Gasteiger partial charge in [0.2, 0.25) is 0 Å². The number of aliphatic hydroxyl groups excluding tert-OH is 1. The van der Waals surface area contributed by atoms with Crippen LogP contribution in [0.25, 0.3) is 0 Å². The van der Waals surface area contributed by atoms with Gasteiger partial charge < -0.3 is 10.4 Å². The third kappa shape index (κ3) is 2.67. The average molecular weight is 238 g/mol. The molecule has 0 radical (unpaired) electrons. The summed E-state index contributed by atoms with van der Waals surface area (Å²) in [5, 5.41) is 13.3. The summed E-state index contributed by atoms with van der Waals surface area (Å²) in [5.74, 6) is 0.725. The number of piperidine rings is 1. The largest absolute Gasteiger partial charge is 0.393 e. The van der Waals surface area contributed by atoms with Crippen LogP contribution in [0.1, 0.15) is 44.9 Å². The zero-order valence-electron chi connectivity index (χ0n) is 10.8. The second-order valence-electron chi connectivity index (χ2n) is 6.24. The second-order valence-corrected chi connectivity index (χ2v) is 6.24.